The number of nitrogens with one attached hydrogen (secondary N) is 2. The standard InChI is InChI=1S/C14H15ClN4O2/c1-2-17-14(20)19-13-8-10(5-6-18-13)21-9-3-4-12(16)11(15)7-9/h3-8H,2,16H2,1H3,(H2,17,18,19,20). The molecule has 1 heterocycles. The Hall–Kier alpha value is -2.47. The second-order valence-electron chi connectivity index (χ2n) is 4.15. The van der Waals surface area contributed by atoms with Gasteiger partial charge in [0, 0.05) is 24.9 Å². The lowest BCUT2D eigenvalue weighted by atomic mass is 10.3. The van der Waals surface area contributed by atoms with Gasteiger partial charge in [-0.15, -0.1) is 0 Å². The SMILES string of the molecule is CCNC(=O)Nc1cc(Oc2ccc(N)c(Cl)c2)ccn1. The molecule has 2 rings (SSSR count). The summed E-state index contributed by atoms with van der Waals surface area (Å²) in [5.74, 6) is 1.46. The van der Waals surface area contributed by atoms with E-state index < -0.39 is 0 Å². The van der Waals surface area contributed by atoms with Gasteiger partial charge in [-0.2, -0.15) is 0 Å². The van der Waals surface area contributed by atoms with Crippen molar-refractivity contribution in [2.75, 3.05) is 17.6 Å². The number of pyridine rings is 1. The van der Waals surface area contributed by atoms with Gasteiger partial charge in [0.05, 0.1) is 10.7 Å². The minimum atomic E-state index is -0.322. The van der Waals surface area contributed by atoms with Crippen LogP contribution in [-0.4, -0.2) is 17.6 Å². The van der Waals surface area contributed by atoms with Crippen molar-refractivity contribution in [2.24, 2.45) is 0 Å². The van der Waals surface area contributed by atoms with Gasteiger partial charge in [-0.3, -0.25) is 5.32 Å². The summed E-state index contributed by atoms with van der Waals surface area (Å²) in [6.45, 7) is 2.36. The first-order valence-corrected chi connectivity index (χ1v) is 6.70. The Morgan fingerprint density at radius 3 is 2.81 bits per heavy atom. The number of hydrogen-bond acceptors (Lipinski definition) is 4. The Kier molecular flexibility index (Phi) is 4.84. The van der Waals surface area contributed by atoms with Gasteiger partial charge < -0.3 is 15.8 Å². The maximum atomic E-state index is 11.4. The van der Waals surface area contributed by atoms with Crippen LogP contribution < -0.4 is 21.1 Å². The van der Waals surface area contributed by atoms with Crippen LogP contribution in [0.1, 0.15) is 6.92 Å². The molecule has 0 aliphatic rings. The van der Waals surface area contributed by atoms with E-state index in [-0.39, 0.29) is 6.03 Å². The first-order valence-electron chi connectivity index (χ1n) is 6.32. The Balaban J connectivity index is 2.10. The highest BCUT2D eigenvalue weighted by molar-refractivity contribution is 6.33. The summed E-state index contributed by atoms with van der Waals surface area (Å²) < 4.78 is 5.64. The topological polar surface area (TPSA) is 89.3 Å². The molecule has 110 valence electrons. The molecule has 1 aromatic heterocycles. The minimum Gasteiger partial charge on any atom is -0.457 e. The van der Waals surface area contributed by atoms with Crippen LogP contribution in [0.4, 0.5) is 16.3 Å². The van der Waals surface area contributed by atoms with Gasteiger partial charge in [0.2, 0.25) is 0 Å². The molecule has 7 heteroatoms. The molecule has 0 atom stereocenters. The van der Waals surface area contributed by atoms with Gasteiger partial charge in [0.25, 0.3) is 0 Å². The summed E-state index contributed by atoms with van der Waals surface area (Å²) in [5, 5.41) is 5.64. The second kappa shape index (κ2) is 6.81. The molecule has 0 saturated carbocycles. The minimum absolute atomic E-state index is 0.322. The highest BCUT2D eigenvalue weighted by atomic mass is 35.5. The van der Waals surface area contributed by atoms with Crippen molar-refractivity contribution >= 4 is 29.1 Å². The van der Waals surface area contributed by atoms with E-state index in [0.29, 0.717) is 34.6 Å². The van der Waals surface area contributed by atoms with Crippen molar-refractivity contribution in [1.82, 2.24) is 10.3 Å². The molecular formula is C14H15ClN4O2. The first kappa shape index (κ1) is 14.9. The number of aromatic nitrogens is 1. The average molecular weight is 307 g/mol. The molecule has 0 unspecified atom stereocenters. The third-order valence-corrected chi connectivity index (χ3v) is 2.85. The van der Waals surface area contributed by atoms with Crippen LogP contribution in [0.5, 0.6) is 11.5 Å². The van der Waals surface area contributed by atoms with E-state index in [0.717, 1.165) is 0 Å². The van der Waals surface area contributed by atoms with Gasteiger partial charge in [0.15, 0.2) is 0 Å². The number of halogens is 1. The van der Waals surface area contributed by atoms with Crippen LogP contribution in [-0.2, 0) is 0 Å². The molecule has 4 N–H and O–H groups in total. The molecule has 0 saturated heterocycles. The summed E-state index contributed by atoms with van der Waals surface area (Å²) in [4.78, 5) is 15.5. The van der Waals surface area contributed by atoms with E-state index in [1.165, 1.54) is 6.20 Å². The number of benzene rings is 1. The monoisotopic (exact) mass is 306 g/mol. The summed E-state index contributed by atoms with van der Waals surface area (Å²) >= 11 is 5.93. The molecule has 6 nitrogen and oxygen atoms in total. The number of hydrogen-bond donors (Lipinski definition) is 3. The lowest BCUT2D eigenvalue weighted by Crippen LogP contribution is -2.28. The lowest BCUT2D eigenvalue weighted by molar-refractivity contribution is 0.252. The molecule has 21 heavy (non-hydrogen) atoms. The maximum Gasteiger partial charge on any atom is 0.320 e. The van der Waals surface area contributed by atoms with Gasteiger partial charge in [-0.05, 0) is 25.1 Å². The molecule has 0 fully saturated rings. The van der Waals surface area contributed by atoms with Gasteiger partial charge in [0.1, 0.15) is 17.3 Å². The zero-order valence-corrected chi connectivity index (χ0v) is 12.1. The van der Waals surface area contributed by atoms with Crippen LogP contribution in [0.2, 0.25) is 5.02 Å². The van der Waals surface area contributed by atoms with Crippen molar-refractivity contribution in [3.63, 3.8) is 0 Å². The second-order valence-corrected chi connectivity index (χ2v) is 4.55. The number of ether oxygens (including phenoxy) is 1. The fourth-order valence-corrected chi connectivity index (χ4v) is 1.74. The zero-order valence-electron chi connectivity index (χ0n) is 11.4. The highest BCUT2D eigenvalue weighted by Gasteiger charge is 2.05. The van der Waals surface area contributed by atoms with Crippen molar-refractivity contribution < 1.29 is 9.53 Å². The van der Waals surface area contributed by atoms with E-state index >= 15 is 0 Å². The third kappa shape index (κ3) is 4.25. The van der Waals surface area contributed by atoms with E-state index in [1.54, 1.807) is 30.3 Å². The van der Waals surface area contributed by atoms with E-state index in [2.05, 4.69) is 15.6 Å². The molecular weight excluding hydrogens is 292 g/mol. The van der Waals surface area contributed by atoms with Gasteiger partial charge in [-0.1, -0.05) is 11.6 Å². The van der Waals surface area contributed by atoms with E-state index in [1.807, 2.05) is 6.92 Å². The molecule has 2 amide bonds. The van der Waals surface area contributed by atoms with E-state index in [4.69, 9.17) is 22.1 Å². The van der Waals surface area contributed by atoms with Crippen LogP contribution in [0.25, 0.3) is 0 Å². The normalized spacial score (nSPS) is 10.0. The number of nitrogen functional groups attached to an aromatic ring is 1. The summed E-state index contributed by atoms with van der Waals surface area (Å²) in [5.41, 5.74) is 6.12. The fraction of sp³-hybridized carbons (Fsp3) is 0.143. The molecule has 2 aromatic rings. The van der Waals surface area contributed by atoms with Crippen LogP contribution in [0.3, 0.4) is 0 Å². The summed E-state index contributed by atoms with van der Waals surface area (Å²) in [6, 6.07) is 7.95. The summed E-state index contributed by atoms with van der Waals surface area (Å²) in [6.07, 6.45) is 1.54. The number of amides is 2. The first-order chi connectivity index (χ1) is 10.1. The Morgan fingerprint density at radius 1 is 1.33 bits per heavy atom. The Labute approximate surface area is 127 Å². The van der Waals surface area contributed by atoms with Crippen molar-refractivity contribution in [1.29, 1.82) is 0 Å². The molecule has 0 aliphatic heterocycles. The number of urea groups is 1. The molecule has 0 bridgehead atoms. The van der Waals surface area contributed by atoms with Crippen LogP contribution in [0.15, 0.2) is 36.5 Å². The van der Waals surface area contributed by atoms with Crippen molar-refractivity contribution in [2.45, 2.75) is 6.92 Å². The fourth-order valence-electron chi connectivity index (χ4n) is 1.57. The number of carbonyl (C=O) groups excluding carboxylic acids is 1. The number of carbonyl (C=O) groups is 1. The number of nitrogens with two attached hydrogens (primary N) is 1. The third-order valence-electron chi connectivity index (χ3n) is 2.52. The number of anilines is 2. The maximum absolute atomic E-state index is 11.4. The van der Waals surface area contributed by atoms with E-state index in [9.17, 15) is 4.79 Å². The highest BCUT2D eigenvalue weighted by Crippen LogP contribution is 2.28. The van der Waals surface area contributed by atoms with Crippen molar-refractivity contribution in [3.05, 3.63) is 41.6 Å². The Morgan fingerprint density at radius 2 is 2.10 bits per heavy atom. The molecule has 1 aromatic carbocycles. The largest absolute Gasteiger partial charge is 0.457 e. The molecule has 0 radical (unpaired) electrons. The smallest absolute Gasteiger partial charge is 0.320 e. The van der Waals surface area contributed by atoms with Crippen molar-refractivity contribution in [3.8, 4) is 11.5 Å². The lowest BCUT2D eigenvalue weighted by Gasteiger charge is -2.09. The molecule has 0 aliphatic carbocycles. The quantitative estimate of drug-likeness (QED) is 0.756. The number of nitrogens with zero attached hydrogens (tertiary/aromatic N) is 1. The molecule has 0 spiro atoms. The van der Waals surface area contributed by atoms with Crippen LogP contribution >= 0.6 is 11.6 Å². The number of rotatable bonds is 4. The van der Waals surface area contributed by atoms with Gasteiger partial charge >= 0.3 is 6.03 Å². The zero-order chi connectivity index (χ0) is 15.2. The predicted octanol–water partition coefficient (Wildman–Crippen LogP) is 3.25. The van der Waals surface area contributed by atoms with Gasteiger partial charge in [-0.25, -0.2) is 9.78 Å². The van der Waals surface area contributed by atoms with Crippen LogP contribution in [0, 0.1) is 0 Å². The average Bonchev–Trinajstić information content (AvgIpc) is 2.43. The Bertz CT molecular complexity index is 649. The predicted molar refractivity (Wildman–Crippen MR) is 82.9 cm³/mol. The summed E-state index contributed by atoms with van der Waals surface area (Å²) in [7, 11) is 0.